The third kappa shape index (κ3) is 2.97. The lowest BCUT2D eigenvalue weighted by Crippen LogP contribution is -2.27. The molecule has 26 heavy (non-hydrogen) atoms. The molecule has 0 spiro atoms. The first-order valence-corrected chi connectivity index (χ1v) is 7.65. The Balaban J connectivity index is 1.97. The van der Waals surface area contributed by atoms with Gasteiger partial charge in [0.05, 0.1) is 0 Å². The molecule has 136 valence electrons. The second-order valence-electron chi connectivity index (χ2n) is 5.62. The zero-order chi connectivity index (χ0) is 19.0. The number of carbonyl (C=O) groups excluding carboxylic acids is 1. The van der Waals surface area contributed by atoms with Gasteiger partial charge in [-0.2, -0.15) is 4.39 Å². The molecule has 0 fully saturated rings. The molecule has 0 unspecified atom stereocenters. The Labute approximate surface area is 145 Å². The summed E-state index contributed by atoms with van der Waals surface area (Å²) in [6, 6.07) is 2.15. The van der Waals surface area contributed by atoms with Crippen molar-refractivity contribution < 1.29 is 28.3 Å². The zero-order valence-electron chi connectivity index (χ0n) is 13.6. The van der Waals surface area contributed by atoms with E-state index in [4.69, 9.17) is 0 Å². The number of hydrogen-bond donors (Lipinski definition) is 3. The number of benzene rings is 1. The minimum atomic E-state index is -1.74. The van der Waals surface area contributed by atoms with E-state index in [1.807, 2.05) is 0 Å². The second kappa shape index (κ2) is 6.68. The summed E-state index contributed by atoms with van der Waals surface area (Å²) in [6.07, 6.45) is 2.80. The Morgan fingerprint density at radius 2 is 1.96 bits per heavy atom. The highest BCUT2D eigenvalue weighted by atomic mass is 19.2. The topological polar surface area (TPSA) is 89.5 Å². The molecule has 0 saturated carbocycles. The average molecular weight is 365 g/mol. The average Bonchev–Trinajstić information content (AvgIpc) is 3.05. The van der Waals surface area contributed by atoms with Gasteiger partial charge in [-0.15, -0.1) is 0 Å². The summed E-state index contributed by atoms with van der Waals surface area (Å²) in [5.41, 5.74) is 0.917. The minimum Gasteiger partial charge on any atom is -0.505 e. The van der Waals surface area contributed by atoms with Crippen LogP contribution in [-0.2, 0) is 6.42 Å². The van der Waals surface area contributed by atoms with Crippen LogP contribution in [0.3, 0.4) is 0 Å². The minimum absolute atomic E-state index is 0.0111. The third-order valence-corrected chi connectivity index (χ3v) is 4.00. The number of rotatable bonds is 4. The predicted molar refractivity (Wildman–Crippen MR) is 85.4 cm³/mol. The molecule has 0 aliphatic rings. The molecule has 0 saturated heterocycles. The van der Waals surface area contributed by atoms with Gasteiger partial charge in [-0.25, -0.2) is 13.8 Å². The summed E-state index contributed by atoms with van der Waals surface area (Å²) in [4.78, 5) is 18.8. The molecule has 1 amide bonds. The first kappa shape index (κ1) is 17.7. The van der Waals surface area contributed by atoms with Crippen LogP contribution < -0.4 is 0 Å². The number of carbonyl (C=O) groups is 1. The molecule has 0 radical (unpaired) electrons. The number of nitrogens with one attached hydrogen (secondary N) is 1. The largest absolute Gasteiger partial charge is 0.505 e. The highest BCUT2D eigenvalue weighted by molar-refractivity contribution is 5.95. The second-order valence-corrected chi connectivity index (χ2v) is 5.62. The summed E-state index contributed by atoms with van der Waals surface area (Å²) in [5, 5.41) is 20.2. The Morgan fingerprint density at radius 1 is 1.23 bits per heavy atom. The number of pyridine rings is 1. The number of halogens is 3. The molecule has 0 aliphatic carbocycles. The van der Waals surface area contributed by atoms with Gasteiger partial charge in [-0.05, 0) is 24.6 Å². The number of aromatic hydroxyl groups is 1. The monoisotopic (exact) mass is 365 g/mol. The van der Waals surface area contributed by atoms with Crippen molar-refractivity contribution in [1.82, 2.24) is 15.0 Å². The molecule has 9 heteroatoms. The number of aromatic amines is 1. The molecule has 3 N–H and O–H groups in total. The van der Waals surface area contributed by atoms with Gasteiger partial charge in [0.1, 0.15) is 5.69 Å². The lowest BCUT2D eigenvalue weighted by Gasteiger charge is -2.11. The molecular formula is C17H14F3N3O3. The van der Waals surface area contributed by atoms with Crippen LogP contribution in [0.2, 0.25) is 0 Å². The van der Waals surface area contributed by atoms with Gasteiger partial charge in [0.25, 0.3) is 5.91 Å². The van der Waals surface area contributed by atoms with Crippen LogP contribution in [0.15, 0.2) is 24.5 Å². The Bertz CT molecular complexity index is 1000. The normalized spacial score (nSPS) is 11.1. The molecule has 0 bridgehead atoms. The maximum absolute atomic E-state index is 13.5. The Morgan fingerprint density at radius 3 is 2.65 bits per heavy atom. The van der Waals surface area contributed by atoms with Crippen LogP contribution in [0, 0.1) is 17.5 Å². The zero-order valence-corrected chi connectivity index (χ0v) is 13.6. The number of aromatic nitrogens is 2. The van der Waals surface area contributed by atoms with Gasteiger partial charge in [-0.1, -0.05) is 0 Å². The third-order valence-electron chi connectivity index (χ3n) is 4.00. The first-order valence-electron chi connectivity index (χ1n) is 7.65. The van der Waals surface area contributed by atoms with E-state index in [9.17, 15) is 28.3 Å². The fourth-order valence-electron chi connectivity index (χ4n) is 2.59. The number of hydrogen-bond acceptors (Lipinski definition) is 4. The molecule has 6 nitrogen and oxygen atoms in total. The smallest absolute Gasteiger partial charge is 0.295 e. The van der Waals surface area contributed by atoms with Gasteiger partial charge >= 0.3 is 0 Å². The standard InChI is InChI=1S/C17H14F3N3O3/c1-2-23(26)17(25)13-5-12-10(7-22-13)9(6-21-12)3-8-4-11(18)14(19)15(20)16(8)24/h4-7,21,24,26H,2-3H2,1H3. The van der Waals surface area contributed by atoms with E-state index in [-0.39, 0.29) is 24.2 Å². The van der Waals surface area contributed by atoms with Crippen molar-refractivity contribution in [2.75, 3.05) is 6.54 Å². The fourth-order valence-corrected chi connectivity index (χ4v) is 2.59. The number of H-pyrrole nitrogens is 1. The number of amides is 1. The summed E-state index contributed by atoms with van der Waals surface area (Å²) in [7, 11) is 0. The van der Waals surface area contributed by atoms with Crippen molar-refractivity contribution >= 4 is 16.8 Å². The molecule has 3 rings (SSSR count). The molecular weight excluding hydrogens is 351 g/mol. The quantitative estimate of drug-likeness (QED) is 0.376. The number of phenols is 1. The van der Waals surface area contributed by atoms with Crippen molar-refractivity contribution in [3.8, 4) is 5.75 Å². The van der Waals surface area contributed by atoms with E-state index in [1.54, 1.807) is 6.92 Å². The molecule has 2 heterocycles. The maximum Gasteiger partial charge on any atom is 0.295 e. The lowest BCUT2D eigenvalue weighted by atomic mass is 10.0. The van der Waals surface area contributed by atoms with Crippen molar-refractivity contribution in [1.29, 1.82) is 0 Å². The van der Waals surface area contributed by atoms with Crippen LogP contribution in [0.5, 0.6) is 5.75 Å². The highest BCUT2D eigenvalue weighted by Gasteiger charge is 2.20. The van der Waals surface area contributed by atoms with Gasteiger partial charge in [-0.3, -0.25) is 15.0 Å². The highest BCUT2D eigenvalue weighted by Crippen LogP contribution is 2.30. The molecule has 3 aromatic rings. The van der Waals surface area contributed by atoms with Crippen LogP contribution in [0.4, 0.5) is 13.2 Å². The number of nitrogens with zero attached hydrogens (tertiary/aromatic N) is 2. The molecule has 1 aromatic carbocycles. The van der Waals surface area contributed by atoms with E-state index in [1.165, 1.54) is 18.5 Å². The van der Waals surface area contributed by atoms with E-state index in [0.717, 1.165) is 6.07 Å². The van der Waals surface area contributed by atoms with Crippen molar-refractivity contribution in [2.24, 2.45) is 0 Å². The molecule has 0 aliphatic heterocycles. The summed E-state index contributed by atoms with van der Waals surface area (Å²) < 4.78 is 40.0. The number of hydroxylamine groups is 2. The summed E-state index contributed by atoms with van der Waals surface area (Å²) >= 11 is 0. The van der Waals surface area contributed by atoms with E-state index < -0.39 is 29.1 Å². The molecule has 2 aromatic heterocycles. The van der Waals surface area contributed by atoms with Gasteiger partial charge < -0.3 is 10.1 Å². The van der Waals surface area contributed by atoms with Crippen LogP contribution in [0.1, 0.15) is 28.5 Å². The van der Waals surface area contributed by atoms with Crippen molar-refractivity contribution in [2.45, 2.75) is 13.3 Å². The summed E-state index contributed by atoms with van der Waals surface area (Å²) in [5.74, 6) is -6.42. The van der Waals surface area contributed by atoms with Crippen molar-refractivity contribution in [3.05, 3.63) is 58.8 Å². The number of phenolic OH excluding ortho intramolecular Hbond substituents is 1. The van der Waals surface area contributed by atoms with Gasteiger partial charge in [0.15, 0.2) is 17.4 Å². The Kier molecular flexibility index (Phi) is 4.56. The lowest BCUT2D eigenvalue weighted by molar-refractivity contribution is -0.0545. The van der Waals surface area contributed by atoms with Crippen LogP contribution in [-0.4, -0.2) is 37.8 Å². The fraction of sp³-hybridized carbons (Fsp3) is 0.176. The van der Waals surface area contributed by atoms with E-state index >= 15 is 0 Å². The van der Waals surface area contributed by atoms with Crippen LogP contribution in [0.25, 0.3) is 10.9 Å². The van der Waals surface area contributed by atoms with Crippen molar-refractivity contribution in [3.63, 3.8) is 0 Å². The maximum atomic E-state index is 13.5. The Hall–Kier alpha value is -3.07. The van der Waals surface area contributed by atoms with Gasteiger partial charge in [0.2, 0.25) is 5.82 Å². The molecule has 0 atom stereocenters. The SMILES string of the molecule is CCN(O)C(=O)c1cc2[nH]cc(Cc3cc(F)c(F)c(F)c3O)c2cn1. The first-order chi connectivity index (χ1) is 12.3. The van der Waals surface area contributed by atoms with Gasteiger partial charge in [0, 0.05) is 41.8 Å². The van der Waals surface area contributed by atoms with E-state index in [2.05, 4.69) is 9.97 Å². The van der Waals surface area contributed by atoms with E-state index in [0.29, 0.717) is 21.5 Å². The number of fused-ring (bicyclic) bond motifs is 1. The predicted octanol–water partition coefficient (Wildman–Crippen LogP) is 3.13. The van der Waals surface area contributed by atoms with Crippen LogP contribution >= 0.6 is 0 Å². The summed E-state index contributed by atoms with van der Waals surface area (Å²) in [6.45, 7) is 1.69.